The number of rotatable bonds is 2. The molecule has 1 fully saturated rings. The molecule has 3 heteroatoms. The van der Waals surface area contributed by atoms with Crippen molar-refractivity contribution in [2.75, 3.05) is 13.1 Å². The maximum absolute atomic E-state index is 9.26. The lowest BCUT2D eigenvalue weighted by Crippen LogP contribution is -2.35. The van der Waals surface area contributed by atoms with Gasteiger partial charge in [-0.25, -0.2) is 0 Å². The summed E-state index contributed by atoms with van der Waals surface area (Å²) in [5, 5.41) is 9.26. The molecule has 1 aliphatic heterocycles. The van der Waals surface area contributed by atoms with Gasteiger partial charge in [-0.05, 0) is 37.8 Å². The summed E-state index contributed by atoms with van der Waals surface area (Å²) in [6.45, 7) is 6.18. The summed E-state index contributed by atoms with van der Waals surface area (Å²) >= 11 is 0. The van der Waals surface area contributed by atoms with Gasteiger partial charge in [0.25, 0.3) is 0 Å². The quantitative estimate of drug-likeness (QED) is 0.766. The lowest BCUT2D eigenvalue weighted by molar-refractivity contribution is 0.151. The van der Waals surface area contributed by atoms with Gasteiger partial charge in [-0.3, -0.25) is 4.90 Å². The second kappa shape index (κ2) is 4.71. The number of piperidine rings is 1. The van der Waals surface area contributed by atoms with Crippen LogP contribution in [0.25, 0.3) is 0 Å². The van der Waals surface area contributed by atoms with Crippen LogP contribution in [0.4, 0.5) is 0 Å². The minimum atomic E-state index is -0.207. The molecule has 0 N–H and O–H groups in total. The third-order valence-corrected chi connectivity index (χ3v) is 3.34. The molecule has 86 valence electrons. The molecule has 1 saturated heterocycles. The molecule has 0 bridgehead atoms. The summed E-state index contributed by atoms with van der Waals surface area (Å²) in [6, 6.07) is 5.98. The van der Waals surface area contributed by atoms with Crippen molar-refractivity contribution >= 4 is 0 Å². The molecule has 3 nitrogen and oxygen atoms in total. The Hall–Kier alpha value is -1.27. The third-order valence-electron chi connectivity index (χ3n) is 3.34. The molecule has 0 spiro atoms. The third kappa shape index (κ3) is 2.28. The number of furan rings is 1. The molecular formula is C13H18N2O. The fourth-order valence-electron chi connectivity index (χ4n) is 2.21. The van der Waals surface area contributed by atoms with Gasteiger partial charge in [-0.15, -0.1) is 0 Å². The van der Waals surface area contributed by atoms with E-state index in [2.05, 4.69) is 17.9 Å². The van der Waals surface area contributed by atoms with E-state index in [0.29, 0.717) is 0 Å². The molecule has 1 aliphatic rings. The van der Waals surface area contributed by atoms with E-state index in [9.17, 15) is 5.26 Å². The number of hydrogen-bond donors (Lipinski definition) is 0. The Morgan fingerprint density at radius 1 is 1.44 bits per heavy atom. The predicted molar refractivity (Wildman–Crippen MR) is 61.8 cm³/mol. The van der Waals surface area contributed by atoms with Crippen LogP contribution in [0.3, 0.4) is 0 Å². The zero-order valence-corrected chi connectivity index (χ0v) is 9.94. The van der Waals surface area contributed by atoms with Crippen molar-refractivity contribution in [3.63, 3.8) is 0 Å². The van der Waals surface area contributed by atoms with Gasteiger partial charge in [0.1, 0.15) is 11.5 Å². The fraction of sp³-hybridized carbons (Fsp3) is 0.615. The fourth-order valence-corrected chi connectivity index (χ4v) is 2.21. The topological polar surface area (TPSA) is 40.2 Å². The Bertz CT molecular complexity index is 383. The van der Waals surface area contributed by atoms with Gasteiger partial charge < -0.3 is 4.42 Å². The zero-order valence-electron chi connectivity index (χ0n) is 9.94. The molecule has 0 saturated carbocycles. The number of nitriles is 1. The Labute approximate surface area is 96.7 Å². The van der Waals surface area contributed by atoms with Crippen LogP contribution in [0, 0.1) is 24.2 Å². The highest BCUT2D eigenvalue weighted by Crippen LogP contribution is 2.27. The van der Waals surface area contributed by atoms with Crippen molar-refractivity contribution in [2.45, 2.75) is 32.7 Å². The molecule has 2 rings (SSSR count). The molecule has 0 radical (unpaired) electrons. The van der Waals surface area contributed by atoms with Crippen LogP contribution in [0.5, 0.6) is 0 Å². The molecule has 0 aliphatic carbocycles. The number of nitrogens with zero attached hydrogens (tertiary/aromatic N) is 2. The van der Waals surface area contributed by atoms with Gasteiger partial charge in [0.2, 0.25) is 0 Å². The van der Waals surface area contributed by atoms with Crippen LogP contribution in [0.1, 0.15) is 37.3 Å². The maximum atomic E-state index is 9.26. The lowest BCUT2D eigenvalue weighted by Gasteiger charge is -2.32. The van der Waals surface area contributed by atoms with Crippen LogP contribution >= 0.6 is 0 Å². The van der Waals surface area contributed by atoms with Gasteiger partial charge in [-0.1, -0.05) is 6.92 Å². The van der Waals surface area contributed by atoms with E-state index in [1.54, 1.807) is 0 Å². The minimum absolute atomic E-state index is 0.207. The van der Waals surface area contributed by atoms with Gasteiger partial charge in [0.15, 0.2) is 6.04 Å². The van der Waals surface area contributed by atoms with Crippen LogP contribution in [-0.2, 0) is 0 Å². The monoisotopic (exact) mass is 218 g/mol. The Morgan fingerprint density at radius 2 is 2.12 bits per heavy atom. The van der Waals surface area contributed by atoms with Gasteiger partial charge in [-0.2, -0.15) is 5.26 Å². The summed E-state index contributed by atoms with van der Waals surface area (Å²) < 4.78 is 5.55. The summed E-state index contributed by atoms with van der Waals surface area (Å²) in [6.07, 6.45) is 2.36. The highest BCUT2D eigenvalue weighted by molar-refractivity contribution is 5.16. The van der Waals surface area contributed by atoms with E-state index in [1.165, 1.54) is 12.8 Å². The molecule has 0 unspecified atom stereocenters. The number of aryl methyl sites for hydroxylation is 1. The van der Waals surface area contributed by atoms with Crippen LogP contribution < -0.4 is 0 Å². The normalized spacial score (nSPS) is 20.6. The molecule has 1 atom stereocenters. The van der Waals surface area contributed by atoms with Crippen molar-refractivity contribution in [2.24, 2.45) is 5.92 Å². The highest BCUT2D eigenvalue weighted by Gasteiger charge is 2.26. The van der Waals surface area contributed by atoms with Crippen LogP contribution in [0.15, 0.2) is 16.5 Å². The van der Waals surface area contributed by atoms with Crippen molar-refractivity contribution in [1.82, 2.24) is 4.90 Å². The lowest BCUT2D eigenvalue weighted by atomic mass is 9.98. The average molecular weight is 218 g/mol. The summed E-state index contributed by atoms with van der Waals surface area (Å²) in [5.41, 5.74) is 0. The number of likely N-dealkylation sites (tertiary alicyclic amines) is 1. The second-order valence-corrected chi connectivity index (χ2v) is 4.70. The SMILES string of the molecule is Cc1ccc([C@@H](C#N)N2CCC(C)CC2)o1. The molecule has 0 amide bonds. The van der Waals surface area contributed by atoms with E-state index in [0.717, 1.165) is 30.5 Å². The first-order valence-corrected chi connectivity index (χ1v) is 5.90. The van der Waals surface area contributed by atoms with Crippen molar-refractivity contribution < 1.29 is 4.42 Å². The van der Waals surface area contributed by atoms with Crippen molar-refractivity contribution in [1.29, 1.82) is 5.26 Å². The van der Waals surface area contributed by atoms with E-state index in [-0.39, 0.29) is 6.04 Å². The zero-order chi connectivity index (χ0) is 11.5. The largest absolute Gasteiger partial charge is 0.464 e. The molecule has 16 heavy (non-hydrogen) atoms. The van der Waals surface area contributed by atoms with E-state index in [1.807, 2.05) is 19.1 Å². The van der Waals surface area contributed by atoms with E-state index < -0.39 is 0 Å². The molecule has 1 aromatic heterocycles. The van der Waals surface area contributed by atoms with E-state index in [4.69, 9.17) is 4.42 Å². The average Bonchev–Trinajstić information content (AvgIpc) is 2.69. The summed E-state index contributed by atoms with van der Waals surface area (Å²) in [7, 11) is 0. The van der Waals surface area contributed by atoms with Crippen LogP contribution in [-0.4, -0.2) is 18.0 Å². The van der Waals surface area contributed by atoms with Crippen molar-refractivity contribution in [3.05, 3.63) is 23.7 Å². The standard InChI is InChI=1S/C13H18N2O/c1-10-5-7-15(8-6-10)12(9-14)13-4-3-11(2)16-13/h3-4,10,12H,5-8H2,1-2H3/t12-/m1/s1. The maximum Gasteiger partial charge on any atom is 0.156 e. The molecular weight excluding hydrogens is 200 g/mol. The summed E-state index contributed by atoms with van der Waals surface area (Å²) in [5.74, 6) is 2.45. The minimum Gasteiger partial charge on any atom is -0.464 e. The molecule has 2 heterocycles. The highest BCUT2D eigenvalue weighted by atomic mass is 16.3. The van der Waals surface area contributed by atoms with Gasteiger partial charge in [0, 0.05) is 13.1 Å². The Morgan fingerprint density at radius 3 is 2.62 bits per heavy atom. The molecule has 1 aromatic rings. The number of hydrogen-bond acceptors (Lipinski definition) is 3. The van der Waals surface area contributed by atoms with Crippen molar-refractivity contribution in [3.8, 4) is 6.07 Å². The van der Waals surface area contributed by atoms with Gasteiger partial charge in [0.05, 0.1) is 6.07 Å². The van der Waals surface area contributed by atoms with Gasteiger partial charge >= 0.3 is 0 Å². The van der Waals surface area contributed by atoms with E-state index >= 15 is 0 Å². The Kier molecular flexibility index (Phi) is 3.31. The summed E-state index contributed by atoms with van der Waals surface area (Å²) in [4.78, 5) is 2.22. The first kappa shape index (κ1) is 11.2. The predicted octanol–water partition coefficient (Wildman–Crippen LogP) is 2.88. The molecule has 0 aromatic carbocycles. The smallest absolute Gasteiger partial charge is 0.156 e. The van der Waals surface area contributed by atoms with Crippen LogP contribution in [0.2, 0.25) is 0 Å². The Balaban J connectivity index is 2.09. The first-order valence-electron chi connectivity index (χ1n) is 5.90. The second-order valence-electron chi connectivity index (χ2n) is 4.70. The first-order chi connectivity index (χ1) is 7.70.